The first kappa shape index (κ1) is 25.0. The molecule has 0 bridgehead atoms. The van der Waals surface area contributed by atoms with Gasteiger partial charge in [0.2, 0.25) is 5.91 Å². The zero-order valence-corrected chi connectivity index (χ0v) is 20.8. The van der Waals surface area contributed by atoms with Gasteiger partial charge in [0.05, 0.1) is 7.11 Å². The third-order valence-electron chi connectivity index (χ3n) is 6.04. The summed E-state index contributed by atoms with van der Waals surface area (Å²) in [5.41, 5.74) is 0.821. The number of carbonyl (C=O) groups excluding carboxylic acids is 3. The van der Waals surface area contributed by atoms with Crippen molar-refractivity contribution in [3.05, 3.63) is 64.7 Å². The molecule has 12 nitrogen and oxygen atoms in total. The molecule has 0 aliphatic carbocycles. The maximum Gasteiger partial charge on any atom is 0.355 e. The number of benzene rings is 2. The predicted molar refractivity (Wildman–Crippen MR) is 134 cm³/mol. The fraction of sp³-hybridized carbons (Fsp3) is 0.240. The van der Waals surface area contributed by atoms with E-state index < -0.39 is 35.9 Å². The van der Waals surface area contributed by atoms with Gasteiger partial charge in [-0.1, -0.05) is 24.3 Å². The summed E-state index contributed by atoms with van der Waals surface area (Å²) in [4.78, 5) is 56.1. The van der Waals surface area contributed by atoms with Crippen molar-refractivity contribution in [2.75, 3.05) is 25.6 Å². The summed E-state index contributed by atoms with van der Waals surface area (Å²) >= 11 is 0.914. The molecule has 2 aliphatic rings. The number of carbonyl (C=O) groups is 4. The first-order valence-corrected chi connectivity index (χ1v) is 12.4. The van der Waals surface area contributed by atoms with Crippen molar-refractivity contribution in [2.45, 2.75) is 18.5 Å². The Kier molecular flexibility index (Phi) is 6.83. The van der Waals surface area contributed by atoms with Crippen LogP contribution in [0.1, 0.15) is 27.7 Å². The van der Waals surface area contributed by atoms with E-state index in [1.54, 1.807) is 42.5 Å². The predicted octanol–water partition coefficient (Wildman–Crippen LogP) is 2.46. The van der Waals surface area contributed by atoms with E-state index in [2.05, 4.69) is 15.6 Å². The van der Waals surface area contributed by atoms with Crippen molar-refractivity contribution in [1.29, 1.82) is 0 Å². The number of rotatable bonds is 8. The number of anilines is 1. The lowest BCUT2D eigenvalue weighted by Gasteiger charge is -2.25. The number of hydrogen-bond acceptors (Lipinski definition) is 9. The zero-order valence-electron chi connectivity index (χ0n) is 20.0. The van der Waals surface area contributed by atoms with E-state index in [1.807, 2.05) is 0 Å². The number of amides is 4. The maximum atomic E-state index is 13.6. The Morgan fingerprint density at radius 1 is 1.21 bits per heavy atom. The SMILES string of the molecule is COc1ccccc1CC(C(=O)Nc1nc(C(=O)O)cs1)N1C(=O)NC(c2ccc3c(c2)OCCO3)C1=O. The van der Waals surface area contributed by atoms with Gasteiger partial charge in [-0.15, -0.1) is 11.3 Å². The molecule has 2 unspecified atom stereocenters. The third kappa shape index (κ3) is 4.83. The average Bonchev–Trinajstić information content (AvgIpc) is 3.51. The van der Waals surface area contributed by atoms with Gasteiger partial charge in [-0.2, -0.15) is 0 Å². The number of aromatic nitrogens is 1. The minimum absolute atomic E-state index is 0.0212. The van der Waals surface area contributed by atoms with E-state index >= 15 is 0 Å². The molecule has 3 N–H and O–H groups in total. The molecule has 5 rings (SSSR count). The van der Waals surface area contributed by atoms with Crippen LogP contribution in [0.5, 0.6) is 17.2 Å². The molecule has 1 fully saturated rings. The number of hydrogen-bond donors (Lipinski definition) is 3. The molecule has 3 heterocycles. The van der Waals surface area contributed by atoms with Gasteiger partial charge in [-0.05, 0) is 29.3 Å². The van der Waals surface area contributed by atoms with Crippen LogP contribution < -0.4 is 24.8 Å². The number of thiazole rings is 1. The second-order valence-electron chi connectivity index (χ2n) is 8.36. The molecule has 3 aromatic rings. The molecule has 4 amide bonds. The highest BCUT2D eigenvalue weighted by Crippen LogP contribution is 2.35. The first-order chi connectivity index (χ1) is 18.4. The fourth-order valence-electron chi connectivity index (χ4n) is 4.25. The highest BCUT2D eigenvalue weighted by atomic mass is 32.1. The van der Waals surface area contributed by atoms with Gasteiger partial charge in [-0.25, -0.2) is 19.5 Å². The lowest BCUT2D eigenvalue weighted by molar-refractivity contribution is -0.134. The molecule has 2 aliphatic heterocycles. The van der Waals surface area contributed by atoms with Crippen LogP contribution in [0.15, 0.2) is 47.8 Å². The standard InChI is InChI=1S/C25H22N4O8S/c1-35-17-5-3-2-4-13(17)10-16(21(30)28-24-26-15(12-38-24)23(32)33)29-22(31)20(27-25(29)34)14-6-7-18-19(11-14)37-9-8-36-18/h2-7,11-12,16,20H,8-10H2,1H3,(H,27,34)(H,32,33)(H,26,28,30). The Bertz CT molecular complexity index is 1420. The van der Waals surface area contributed by atoms with Crippen molar-refractivity contribution in [1.82, 2.24) is 15.2 Å². The number of imide groups is 1. The second kappa shape index (κ2) is 10.4. The second-order valence-corrected chi connectivity index (χ2v) is 9.22. The van der Waals surface area contributed by atoms with Gasteiger partial charge in [0.1, 0.15) is 31.0 Å². The molecular formula is C25H22N4O8S. The summed E-state index contributed by atoms with van der Waals surface area (Å²) < 4.78 is 16.5. The van der Waals surface area contributed by atoms with E-state index in [4.69, 9.17) is 19.3 Å². The van der Waals surface area contributed by atoms with Crippen LogP contribution in [0.4, 0.5) is 9.93 Å². The summed E-state index contributed by atoms with van der Waals surface area (Å²) in [6, 6.07) is 8.77. The maximum absolute atomic E-state index is 13.6. The molecule has 1 saturated heterocycles. The highest BCUT2D eigenvalue weighted by molar-refractivity contribution is 7.14. The van der Waals surface area contributed by atoms with E-state index in [0.29, 0.717) is 41.6 Å². The molecule has 0 radical (unpaired) electrons. The highest BCUT2D eigenvalue weighted by Gasteiger charge is 2.46. The number of fused-ring (bicyclic) bond motifs is 1. The van der Waals surface area contributed by atoms with E-state index in [1.165, 1.54) is 12.5 Å². The van der Waals surface area contributed by atoms with Gasteiger partial charge < -0.3 is 30.0 Å². The number of carboxylic acids is 1. The summed E-state index contributed by atoms with van der Waals surface area (Å²) in [6.07, 6.45) is -0.0555. The van der Waals surface area contributed by atoms with Crippen molar-refractivity contribution in [3.8, 4) is 17.2 Å². The van der Waals surface area contributed by atoms with Crippen LogP contribution in [0.25, 0.3) is 0 Å². The Morgan fingerprint density at radius 3 is 2.71 bits per heavy atom. The van der Waals surface area contributed by atoms with Crippen LogP contribution in [0.3, 0.4) is 0 Å². The smallest absolute Gasteiger partial charge is 0.355 e. The van der Waals surface area contributed by atoms with Crippen molar-refractivity contribution >= 4 is 40.3 Å². The van der Waals surface area contributed by atoms with E-state index in [-0.39, 0.29) is 17.2 Å². The number of carboxylic acid groups (broad SMARTS) is 1. The van der Waals surface area contributed by atoms with Crippen LogP contribution >= 0.6 is 11.3 Å². The van der Waals surface area contributed by atoms with Gasteiger partial charge in [0.15, 0.2) is 22.3 Å². The Morgan fingerprint density at radius 2 is 1.97 bits per heavy atom. The number of aromatic carboxylic acids is 1. The number of nitrogens with zero attached hydrogens (tertiary/aromatic N) is 2. The van der Waals surface area contributed by atoms with E-state index in [0.717, 1.165) is 16.2 Å². The largest absolute Gasteiger partial charge is 0.496 e. The van der Waals surface area contributed by atoms with Gasteiger partial charge >= 0.3 is 12.0 Å². The molecule has 2 aromatic carbocycles. The molecule has 1 aromatic heterocycles. The lowest BCUT2D eigenvalue weighted by Crippen LogP contribution is -2.49. The quantitative estimate of drug-likeness (QED) is 0.367. The van der Waals surface area contributed by atoms with Crippen LogP contribution in [0.2, 0.25) is 0 Å². The fourth-order valence-corrected chi connectivity index (χ4v) is 4.94. The Balaban J connectivity index is 1.45. The minimum Gasteiger partial charge on any atom is -0.496 e. The molecule has 13 heteroatoms. The first-order valence-electron chi connectivity index (χ1n) is 11.5. The molecule has 0 saturated carbocycles. The normalized spacial score (nSPS) is 17.1. The van der Waals surface area contributed by atoms with Crippen molar-refractivity contribution in [3.63, 3.8) is 0 Å². The molecule has 2 atom stereocenters. The van der Waals surface area contributed by atoms with Gasteiger partial charge in [0.25, 0.3) is 5.91 Å². The molecule has 38 heavy (non-hydrogen) atoms. The Hall–Kier alpha value is -4.65. The van der Waals surface area contributed by atoms with E-state index in [9.17, 15) is 19.2 Å². The van der Waals surface area contributed by atoms with Crippen LogP contribution in [-0.4, -0.2) is 65.2 Å². The van der Waals surface area contributed by atoms with Crippen LogP contribution in [0, 0.1) is 0 Å². The summed E-state index contributed by atoms with van der Waals surface area (Å²) in [6.45, 7) is 0.765. The summed E-state index contributed by atoms with van der Waals surface area (Å²) in [5, 5.41) is 15.6. The number of para-hydroxylation sites is 1. The molecule has 196 valence electrons. The average molecular weight is 539 g/mol. The Labute approximate surface area is 220 Å². The van der Waals surface area contributed by atoms with Gasteiger partial charge in [-0.3, -0.25) is 9.59 Å². The number of methoxy groups -OCH3 is 1. The minimum atomic E-state index is -1.29. The monoisotopic (exact) mass is 538 g/mol. The van der Waals surface area contributed by atoms with Crippen molar-refractivity contribution in [2.24, 2.45) is 0 Å². The number of urea groups is 1. The lowest BCUT2D eigenvalue weighted by atomic mass is 10.0. The topological polar surface area (TPSA) is 156 Å². The summed E-state index contributed by atoms with van der Waals surface area (Å²) in [5.74, 6) is -1.13. The van der Waals surface area contributed by atoms with Gasteiger partial charge in [0, 0.05) is 11.8 Å². The third-order valence-corrected chi connectivity index (χ3v) is 6.80. The summed E-state index contributed by atoms with van der Waals surface area (Å²) in [7, 11) is 1.47. The number of ether oxygens (including phenoxy) is 3. The number of nitrogens with one attached hydrogen (secondary N) is 2. The molecule has 0 spiro atoms. The molecular weight excluding hydrogens is 516 g/mol. The van der Waals surface area contributed by atoms with Crippen molar-refractivity contribution < 1.29 is 38.5 Å². The zero-order chi connectivity index (χ0) is 26.8. The van der Waals surface area contributed by atoms with Crippen LogP contribution in [-0.2, 0) is 16.0 Å².